The molecule has 3 heterocycles. The Balaban J connectivity index is 1.58. The first-order valence-electron chi connectivity index (χ1n) is 12.1. The number of aromatic nitrogens is 3. The molecule has 0 atom stereocenters. The van der Waals surface area contributed by atoms with Gasteiger partial charge in [0.1, 0.15) is 11.2 Å². The van der Waals surface area contributed by atoms with Crippen LogP contribution in [0.3, 0.4) is 0 Å². The molecule has 37 heavy (non-hydrogen) atoms. The summed E-state index contributed by atoms with van der Waals surface area (Å²) in [5.74, 6) is 0. The molecule has 1 aliphatic heterocycles. The lowest BCUT2D eigenvalue weighted by molar-refractivity contribution is -0.137. The number of fused-ring (bicyclic) bond motifs is 3. The molecule has 0 aliphatic carbocycles. The van der Waals surface area contributed by atoms with Crippen molar-refractivity contribution in [3.63, 3.8) is 0 Å². The van der Waals surface area contributed by atoms with Gasteiger partial charge in [-0.2, -0.15) is 18.3 Å². The van der Waals surface area contributed by atoms with Crippen molar-refractivity contribution in [1.29, 1.82) is 0 Å². The zero-order chi connectivity index (χ0) is 26.5. The molecule has 1 amide bonds. The second-order valence-corrected chi connectivity index (χ2v) is 10.3. The van der Waals surface area contributed by atoms with E-state index in [1.54, 1.807) is 20.2 Å². The van der Waals surface area contributed by atoms with Crippen LogP contribution in [0.1, 0.15) is 45.2 Å². The zero-order valence-corrected chi connectivity index (χ0v) is 20.7. The molecule has 194 valence electrons. The number of hydrogen-bond donors (Lipinski definition) is 0. The summed E-state index contributed by atoms with van der Waals surface area (Å²) in [4.78, 5) is 28.1. The number of rotatable bonds is 2. The van der Waals surface area contributed by atoms with E-state index in [-0.39, 0.29) is 17.2 Å². The summed E-state index contributed by atoms with van der Waals surface area (Å²) in [6.45, 7) is 6.26. The van der Waals surface area contributed by atoms with Crippen molar-refractivity contribution >= 4 is 22.6 Å². The van der Waals surface area contributed by atoms with Crippen LogP contribution < -0.4 is 5.56 Å². The number of nitrogens with zero attached hydrogens (tertiary/aromatic N) is 4. The van der Waals surface area contributed by atoms with Gasteiger partial charge in [0.25, 0.3) is 5.56 Å². The zero-order valence-electron chi connectivity index (χ0n) is 20.7. The van der Waals surface area contributed by atoms with Crippen LogP contribution in [0.15, 0.2) is 59.5 Å². The summed E-state index contributed by atoms with van der Waals surface area (Å²) in [6.07, 6.45) is -2.25. The third-order valence-electron chi connectivity index (χ3n) is 6.51. The van der Waals surface area contributed by atoms with E-state index in [0.717, 1.165) is 17.5 Å². The predicted molar refractivity (Wildman–Crippen MR) is 133 cm³/mol. The first-order chi connectivity index (χ1) is 17.4. The predicted octanol–water partition coefficient (Wildman–Crippen LogP) is 5.91. The van der Waals surface area contributed by atoms with Crippen LogP contribution in [-0.2, 0) is 10.9 Å². The van der Waals surface area contributed by atoms with Crippen LogP contribution in [0.5, 0.6) is 0 Å². The Hall–Kier alpha value is -3.82. The lowest BCUT2D eigenvalue weighted by Gasteiger charge is -2.34. The second kappa shape index (κ2) is 8.93. The number of carbonyl (C=O) groups excluding carboxylic acids is 1. The first-order valence-corrected chi connectivity index (χ1v) is 12.1. The number of halogens is 3. The molecule has 5 rings (SSSR count). The van der Waals surface area contributed by atoms with E-state index in [1.807, 2.05) is 45.0 Å². The number of carbonyl (C=O) groups is 1. The monoisotopic (exact) mass is 512 g/mol. The van der Waals surface area contributed by atoms with Crippen LogP contribution in [0.4, 0.5) is 18.0 Å². The highest BCUT2D eigenvalue weighted by molar-refractivity contribution is 5.92. The van der Waals surface area contributed by atoms with E-state index >= 15 is 0 Å². The van der Waals surface area contributed by atoms with Gasteiger partial charge in [-0.25, -0.2) is 9.31 Å². The van der Waals surface area contributed by atoms with E-state index in [2.05, 4.69) is 5.10 Å². The molecule has 2 aromatic heterocycles. The number of amides is 1. The van der Waals surface area contributed by atoms with Crippen LogP contribution in [0.2, 0.25) is 0 Å². The quantitative estimate of drug-likeness (QED) is 0.335. The molecule has 0 saturated carbocycles. The number of alkyl halides is 3. The number of benzene rings is 2. The van der Waals surface area contributed by atoms with Gasteiger partial charge in [0, 0.05) is 30.7 Å². The topological polar surface area (TPSA) is 68.8 Å². The van der Waals surface area contributed by atoms with E-state index in [1.165, 1.54) is 12.1 Å². The Morgan fingerprint density at radius 2 is 1.65 bits per heavy atom. The van der Waals surface area contributed by atoms with Crippen molar-refractivity contribution in [2.75, 3.05) is 13.1 Å². The molecule has 0 spiro atoms. The highest BCUT2D eigenvalue weighted by atomic mass is 19.4. The number of likely N-dealkylation sites (tertiary alicyclic amines) is 1. The summed E-state index contributed by atoms with van der Waals surface area (Å²) in [5.41, 5.74) is 0.246. The van der Waals surface area contributed by atoms with Gasteiger partial charge in [-0.1, -0.05) is 24.3 Å². The van der Waals surface area contributed by atoms with Gasteiger partial charge in [0.2, 0.25) is 0 Å². The number of piperidine rings is 1. The fraction of sp³-hybridized carbons (Fsp3) is 0.370. The summed E-state index contributed by atoms with van der Waals surface area (Å²) >= 11 is 0. The average Bonchev–Trinajstić information content (AvgIpc) is 3.20. The van der Waals surface area contributed by atoms with Crippen molar-refractivity contribution in [2.45, 2.75) is 51.4 Å². The Labute approximate surface area is 211 Å². The number of ether oxygens (including phenoxy) is 1. The SMILES string of the molecule is CC(C)(C)OC(=O)N1CCC(n2c(=O)c(-c3ccc(C(F)(F)F)cc3)cn3nc4ccccc4c23)CC1. The van der Waals surface area contributed by atoms with Gasteiger partial charge in [-0.15, -0.1) is 0 Å². The molecule has 0 bridgehead atoms. The van der Waals surface area contributed by atoms with Gasteiger partial charge in [-0.3, -0.25) is 9.36 Å². The minimum atomic E-state index is -4.47. The maximum Gasteiger partial charge on any atom is 0.416 e. The Bertz CT molecular complexity index is 1520. The van der Waals surface area contributed by atoms with Crippen molar-refractivity contribution in [3.8, 4) is 11.1 Å². The molecule has 7 nitrogen and oxygen atoms in total. The molecule has 1 saturated heterocycles. The highest BCUT2D eigenvalue weighted by Crippen LogP contribution is 2.32. The molecule has 0 N–H and O–H groups in total. The summed E-state index contributed by atoms with van der Waals surface area (Å²) in [6, 6.07) is 11.8. The minimum absolute atomic E-state index is 0.233. The van der Waals surface area contributed by atoms with Crippen LogP contribution >= 0.6 is 0 Å². The molecule has 1 aliphatic rings. The van der Waals surface area contributed by atoms with Crippen molar-refractivity contribution in [2.24, 2.45) is 0 Å². The molecular formula is C27H27F3N4O3. The third-order valence-corrected chi connectivity index (χ3v) is 6.51. The van der Waals surface area contributed by atoms with Gasteiger partial charge in [0.15, 0.2) is 0 Å². The van der Waals surface area contributed by atoms with E-state index in [0.29, 0.717) is 42.7 Å². The molecule has 10 heteroatoms. The first kappa shape index (κ1) is 24.9. The number of hydrogen-bond acceptors (Lipinski definition) is 4. The van der Waals surface area contributed by atoms with Crippen LogP contribution in [-0.4, -0.2) is 43.9 Å². The maximum atomic E-state index is 13.9. The second-order valence-electron chi connectivity index (χ2n) is 10.3. The summed E-state index contributed by atoms with van der Waals surface area (Å²) < 4.78 is 48.1. The van der Waals surface area contributed by atoms with Crippen molar-refractivity contribution in [3.05, 3.63) is 70.6 Å². The van der Waals surface area contributed by atoms with E-state index in [4.69, 9.17) is 4.74 Å². The fourth-order valence-electron chi connectivity index (χ4n) is 4.78. The standard InChI is InChI=1S/C27H27F3N4O3/c1-26(2,3)37-25(36)32-14-12-19(13-15-32)34-23-20-6-4-5-7-22(20)31-33(23)16-21(24(34)35)17-8-10-18(11-9-17)27(28,29)30/h4-11,16,19H,12-15H2,1-3H3. The maximum absolute atomic E-state index is 13.9. The summed E-state index contributed by atoms with van der Waals surface area (Å²) in [7, 11) is 0. The summed E-state index contributed by atoms with van der Waals surface area (Å²) in [5, 5.41) is 5.43. The molecule has 0 radical (unpaired) electrons. The fourth-order valence-corrected chi connectivity index (χ4v) is 4.78. The Kier molecular flexibility index (Phi) is 6.00. The van der Waals surface area contributed by atoms with E-state index in [9.17, 15) is 22.8 Å². The Morgan fingerprint density at radius 1 is 1.00 bits per heavy atom. The molecular weight excluding hydrogens is 485 g/mol. The van der Waals surface area contributed by atoms with Gasteiger partial charge < -0.3 is 9.64 Å². The normalized spacial score (nSPS) is 15.5. The lowest BCUT2D eigenvalue weighted by Crippen LogP contribution is -2.43. The largest absolute Gasteiger partial charge is 0.444 e. The van der Waals surface area contributed by atoms with Crippen molar-refractivity contribution < 1.29 is 22.7 Å². The smallest absolute Gasteiger partial charge is 0.416 e. The van der Waals surface area contributed by atoms with Gasteiger partial charge in [-0.05, 0) is 63.4 Å². The Morgan fingerprint density at radius 3 is 2.27 bits per heavy atom. The molecule has 2 aromatic carbocycles. The third kappa shape index (κ3) is 4.80. The van der Waals surface area contributed by atoms with Gasteiger partial charge in [0.05, 0.1) is 16.6 Å². The van der Waals surface area contributed by atoms with E-state index < -0.39 is 23.4 Å². The molecule has 4 aromatic rings. The molecule has 0 unspecified atom stereocenters. The van der Waals surface area contributed by atoms with Gasteiger partial charge >= 0.3 is 12.3 Å². The molecule has 1 fully saturated rings. The van der Waals surface area contributed by atoms with Crippen LogP contribution in [0.25, 0.3) is 27.7 Å². The average molecular weight is 513 g/mol. The van der Waals surface area contributed by atoms with Crippen molar-refractivity contribution in [1.82, 2.24) is 19.1 Å². The highest BCUT2D eigenvalue weighted by Gasteiger charge is 2.31. The lowest BCUT2D eigenvalue weighted by atomic mass is 10.0. The van der Waals surface area contributed by atoms with Crippen LogP contribution in [0, 0.1) is 0 Å². The minimum Gasteiger partial charge on any atom is -0.444 e.